The second-order valence-corrected chi connectivity index (χ2v) is 19.7. The lowest BCUT2D eigenvalue weighted by atomic mass is 9.78. The lowest BCUT2D eigenvalue weighted by molar-refractivity contribution is 0.591. The molecule has 0 unspecified atom stereocenters. The molecule has 0 bridgehead atoms. The highest BCUT2D eigenvalue weighted by Gasteiger charge is 2.43. The van der Waals surface area contributed by atoms with Gasteiger partial charge in [0.2, 0.25) is 0 Å². The molecule has 0 N–H and O–H groups in total. The molecule has 0 radical (unpaired) electrons. The Kier molecular flexibility index (Phi) is 5.90. The summed E-state index contributed by atoms with van der Waals surface area (Å²) in [4.78, 5) is 0. The summed E-state index contributed by atoms with van der Waals surface area (Å²) in [5.41, 5.74) is 15.2. The summed E-state index contributed by atoms with van der Waals surface area (Å²) in [6.07, 6.45) is 0. The largest absolute Gasteiger partial charge is 0.0616 e. The average molecular weight is 741 g/mol. The molecule has 276 valence electrons. The highest BCUT2D eigenvalue weighted by molar-refractivity contribution is 6.28. The molecule has 0 saturated heterocycles. The lowest BCUT2D eigenvalue weighted by Crippen LogP contribution is -2.17. The van der Waals surface area contributed by atoms with E-state index in [2.05, 4.69) is 188 Å². The van der Waals surface area contributed by atoms with Crippen molar-refractivity contribution in [2.24, 2.45) is 0 Å². The predicted molar refractivity (Wildman–Crippen MR) is 251 cm³/mol. The van der Waals surface area contributed by atoms with Crippen molar-refractivity contribution in [1.82, 2.24) is 0 Å². The third-order valence-corrected chi connectivity index (χ3v) is 14.8. The highest BCUT2D eigenvalue weighted by atomic mass is 14.5. The Morgan fingerprint density at radius 1 is 0.328 bits per heavy atom. The number of fused-ring (bicyclic) bond motifs is 9. The normalized spacial score (nSPS) is 15.4. The minimum Gasteiger partial charge on any atom is -0.0616 e. The minimum absolute atomic E-state index is 0.0907. The molecule has 11 aromatic carbocycles. The van der Waals surface area contributed by atoms with Crippen LogP contribution < -0.4 is 0 Å². The Morgan fingerprint density at radius 3 is 1.47 bits per heavy atom. The zero-order valence-corrected chi connectivity index (χ0v) is 34.3. The molecule has 0 saturated carbocycles. The molecule has 2 aliphatic carbocycles. The summed E-state index contributed by atoms with van der Waals surface area (Å²) < 4.78 is 0. The number of hydrogen-bond acceptors (Lipinski definition) is 0. The molecule has 0 nitrogen and oxygen atoms in total. The maximum Gasteiger partial charge on any atom is 0.0159 e. The zero-order chi connectivity index (χ0) is 39.2. The van der Waals surface area contributed by atoms with Crippen molar-refractivity contribution in [1.29, 1.82) is 0 Å². The second-order valence-electron chi connectivity index (χ2n) is 19.7. The van der Waals surface area contributed by atoms with E-state index >= 15 is 0 Å². The van der Waals surface area contributed by atoms with E-state index in [1.54, 1.807) is 0 Å². The Labute approximate surface area is 339 Å². The van der Waals surface area contributed by atoms with Gasteiger partial charge in [0.15, 0.2) is 0 Å². The average Bonchev–Trinajstić information content (AvgIpc) is 3.58. The van der Waals surface area contributed by atoms with Crippen molar-refractivity contribution in [3.05, 3.63) is 167 Å². The molecule has 0 aliphatic heterocycles. The van der Waals surface area contributed by atoms with Crippen LogP contribution in [0.2, 0.25) is 0 Å². The third-order valence-electron chi connectivity index (χ3n) is 14.8. The summed E-state index contributed by atoms with van der Waals surface area (Å²) in [6, 6.07) is 54.6. The SMILES string of the molecule is CC(C)(C)c1cc2ccc3cc4c(c5ccc(c1)c2c35)-c1cc2c(cc1C4(C)C)-c1c(cc(-c3ccc4ccc5cccc6ccc3c4c56)c3ccccc13)C2(C)C. The molecule has 0 atom stereocenters. The molecular weight excluding hydrogens is 697 g/mol. The first-order valence-corrected chi connectivity index (χ1v) is 21.1. The Morgan fingerprint density at radius 2 is 0.793 bits per heavy atom. The van der Waals surface area contributed by atoms with E-state index in [9.17, 15) is 0 Å². The molecule has 0 amide bonds. The van der Waals surface area contributed by atoms with Crippen LogP contribution in [0.1, 0.15) is 76.3 Å². The van der Waals surface area contributed by atoms with E-state index in [1.165, 1.54) is 137 Å². The van der Waals surface area contributed by atoms with Crippen LogP contribution >= 0.6 is 0 Å². The molecule has 0 aromatic heterocycles. The quantitative estimate of drug-likeness (QED) is 0.147. The van der Waals surface area contributed by atoms with E-state index < -0.39 is 0 Å². The Bertz CT molecular complexity index is 3600. The van der Waals surface area contributed by atoms with Crippen molar-refractivity contribution >= 4 is 75.4 Å². The smallest absolute Gasteiger partial charge is 0.0159 e. The standard InChI is InChI=1S/C58H44/c1-56(2,3)37-25-34-17-18-36-27-48-55(42-24-21-35(26-37)51(34)53(36)42)45-30-46-44(29-47(45)57(48,4)5)54-40-14-9-8-13-38(40)43(28-49(54)58(46,6)7)39-22-19-33-16-15-31-11-10-12-32-20-23-41(39)52(33)50(31)32/h8-30H,1-7H3. The number of hydrogen-bond donors (Lipinski definition) is 0. The molecule has 13 rings (SSSR count). The van der Waals surface area contributed by atoms with Gasteiger partial charge in [-0.25, -0.2) is 0 Å². The van der Waals surface area contributed by atoms with Gasteiger partial charge in [-0.3, -0.25) is 0 Å². The van der Waals surface area contributed by atoms with Crippen molar-refractivity contribution in [3.63, 3.8) is 0 Å². The van der Waals surface area contributed by atoms with Gasteiger partial charge in [0.25, 0.3) is 0 Å². The van der Waals surface area contributed by atoms with Crippen molar-refractivity contribution in [2.75, 3.05) is 0 Å². The Hall–Kier alpha value is -6.24. The molecule has 2 aliphatic rings. The van der Waals surface area contributed by atoms with Gasteiger partial charge in [-0.2, -0.15) is 0 Å². The molecule has 58 heavy (non-hydrogen) atoms. The fourth-order valence-corrected chi connectivity index (χ4v) is 11.8. The Balaban J connectivity index is 1.06. The van der Waals surface area contributed by atoms with Crippen molar-refractivity contribution in [3.8, 4) is 33.4 Å². The molecule has 0 spiro atoms. The third kappa shape index (κ3) is 3.92. The number of benzene rings is 11. The monoisotopic (exact) mass is 740 g/mol. The van der Waals surface area contributed by atoms with Crippen LogP contribution in [-0.4, -0.2) is 0 Å². The molecular formula is C58H44. The second kappa shape index (κ2) is 10.4. The van der Waals surface area contributed by atoms with Gasteiger partial charge in [-0.15, -0.1) is 0 Å². The molecule has 0 heteroatoms. The topological polar surface area (TPSA) is 0 Å². The molecule has 11 aromatic rings. The minimum atomic E-state index is -0.192. The molecule has 0 fully saturated rings. The van der Waals surface area contributed by atoms with Crippen LogP contribution in [0.5, 0.6) is 0 Å². The molecule has 0 heterocycles. The van der Waals surface area contributed by atoms with E-state index in [0.29, 0.717) is 0 Å². The maximum absolute atomic E-state index is 2.61. The van der Waals surface area contributed by atoms with Crippen molar-refractivity contribution in [2.45, 2.75) is 64.7 Å². The summed E-state index contributed by atoms with van der Waals surface area (Å²) in [5, 5.41) is 18.9. The first-order chi connectivity index (χ1) is 27.9. The van der Waals surface area contributed by atoms with Gasteiger partial charge in [0, 0.05) is 10.8 Å². The van der Waals surface area contributed by atoms with Crippen molar-refractivity contribution < 1.29 is 0 Å². The summed E-state index contributed by atoms with van der Waals surface area (Å²) in [6.45, 7) is 16.8. The van der Waals surface area contributed by atoms with Crippen LogP contribution in [0.4, 0.5) is 0 Å². The summed E-state index contributed by atoms with van der Waals surface area (Å²) >= 11 is 0. The fourth-order valence-electron chi connectivity index (χ4n) is 11.8. The van der Waals surface area contributed by atoms with E-state index in [0.717, 1.165) is 0 Å². The van der Waals surface area contributed by atoms with E-state index in [1.807, 2.05) is 0 Å². The first-order valence-electron chi connectivity index (χ1n) is 21.1. The van der Waals surface area contributed by atoms with Gasteiger partial charge < -0.3 is 0 Å². The van der Waals surface area contributed by atoms with E-state index in [4.69, 9.17) is 0 Å². The lowest BCUT2D eigenvalue weighted by Gasteiger charge is -2.25. The van der Waals surface area contributed by atoms with E-state index in [-0.39, 0.29) is 16.2 Å². The van der Waals surface area contributed by atoms with Crippen LogP contribution in [0, 0.1) is 0 Å². The zero-order valence-electron chi connectivity index (χ0n) is 34.3. The van der Waals surface area contributed by atoms with Crippen LogP contribution in [0.3, 0.4) is 0 Å². The van der Waals surface area contributed by atoms with Crippen LogP contribution in [0.25, 0.3) is 109 Å². The fraction of sp³-hybridized carbons (Fsp3) is 0.172. The summed E-state index contributed by atoms with van der Waals surface area (Å²) in [7, 11) is 0. The van der Waals surface area contributed by atoms with Gasteiger partial charge in [0.1, 0.15) is 0 Å². The van der Waals surface area contributed by atoms with Crippen LogP contribution in [0.15, 0.2) is 140 Å². The summed E-state index contributed by atoms with van der Waals surface area (Å²) in [5.74, 6) is 0. The predicted octanol–water partition coefficient (Wildman–Crippen LogP) is 16.2. The van der Waals surface area contributed by atoms with Gasteiger partial charge in [0.05, 0.1) is 0 Å². The van der Waals surface area contributed by atoms with Gasteiger partial charge >= 0.3 is 0 Å². The van der Waals surface area contributed by atoms with Gasteiger partial charge in [-0.05, 0) is 166 Å². The number of rotatable bonds is 1. The maximum atomic E-state index is 2.61. The first kappa shape index (κ1) is 32.8. The van der Waals surface area contributed by atoms with Crippen LogP contribution in [-0.2, 0) is 16.2 Å². The van der Waals surface area contributed by atoms with Gasteiger partial charge in [-0.1, -0.05) is 164 Å². The highest BCUT2D eigenvalue weighted by Crippen LogP contribution is 2.60.